The molecule has 0 aliphatic carbocycles. The number of methoxy groups -OCH3 is 1. The van der Waals surface area contributed by atoms with Gasteiger partial charge in [0.15, 0.2) is 0 Å². The number of urea groups is 1. The van der Waals surface area contributed by atoms with Gasteiger partial charge in [0.05, 0.1) is 18.9 Å². The molecule has 2 rings (SSSR count). The fourth-order valence-electron chi connectivity index (χ4n) is 2.46. The van der Waals surface area contributed by atoms with Crippen LogP contribution in [0.3, 0.4) is 0 Å². The summed E-state index contributed by atoms with van der Waals surface area (Å²) in [6.07, 6.45) is 1.89. The third-order valence-electron chi connectivity index (χ3n) is 3.55. The molecular weight excluding hydrogens is 316 g/mol. The second-order valence-electron chi connectivity index (χ2n) is 6.00. The van der Waals surface area contributed by atoms with Crippen LogP contribution in [0.25, 0.3) is 0 Å². The molecule has 0 atom stereocenters. The van der Waals surface area contributed by atoms with Crippen molar-refractivity contribution in [1.82, 2.24) is 5.32 Å². The van der Waals surface area contributed by atoms with Crippen molar-refractivity contribution in [2.45, 2.75) is 32.8 Å². The molecule has 0 heterocycles. The zero-order valence-electron chi connectivity index (χ0n) is 15.0. The molecule has 0 aliphatic heterocycles. The minimum absolute atomic E-state index is 0.163. The maximum Gasteiger partial charge on any atom is 0.319 e. The first-order valence-corrected chi connectivity index (χ1v) is 8.52. The molecule has 0 unspecified atom stereocenters. The molecule has 0 saturated heterocycles. The van der Waals surface area contributed by atoms with Crippen LogP contribution in [0.2, 0.25) is 0 Å². The number of carbonyl (C=O) groups is 1. The number of rotatable bonds is 8. The molecule has 0 spiro atoms. The molecule has 0 radical (unpaired) electrons. The molecule has 134 valence electrons. The number of hydrogen-bond donors (Lipinski definition) is 2. The normalized spacial score (nSPS) is 10.4. The van der Waals surface area contributed by atoms with Crippen molar-refractivity contribution < 1.29 is 14.3 Å². The van der Waals surface area contributed by atoms with Gasteiger partial charge in [0, 0.05) is 6.54 Å². The smallest absolute Gasteiger partial charge is 0.319 e. The third-order valence-corrected chi connectivity index (χ3v) is 3.55. The summed E-state index contributed by atoms with van der Waals surface area (Å²) in [4.78, 5) is 12.0. The monoisotopic (exact) mass is 342 g/mol. The van der Waals surface area contributed by atoms with Crippen LogP contribution < -0.4 is 20.1 Å². The highest BCUT2D eigenvalue weighted by Gasteiger charge is 2.06. The number of benzene rings is 2. The van der Waals surface area contributed by atoms with E-state index in [4.69, 9.17) is 9.47 Å². The Morgan fingerprint density at radius 1 is 1.12 bits per heavy atom. The van der Waals surface area contributed by atoms with E-state index < -0.39 is 0 Å². The Bertz CT molecular complexity index is 686. The molecule has 2 aromatic rings. The lowest BCUT2D eigenvalue weighted by molar-refractivity contribution is 0.242. The van der Waals surface area contributed by atoms with Crippen LogP contribution in [-0.2, 0) is 6.42 Å². The van der Waals surface area contributed by atoms with E-state index in [1.807, 2.05) is 44.2 Å². The van der Waals surface area contributed by atoms with Gasteiger partial charge in [0.2, 0.25) is 0 Å². The molecule has 25 heavy (non-hydrogen) atoms. The maximum absolute atomic E-state index is 12.0. The van der Waals surface area contributed by atoms with E-state index in [0.29, 0.717) is 18.0 Å². The predicted octanol–water partition coefficient (Wildman–Crippen LogP) is 4.24. The van der Waals surface area contributed by atoms with Crippen LogP contribution in [0.1, 0.15) is 25.8 Å². The molecule has 0 aliphatic rings. The number of carbonyl (C=O) groups excluding carboxylic acids is 1. The van der Waals surface area contributed by atoms with Gasteiger partial charge in [-0.1, -0.05) is 24.3 Å². The topological polar surface area (TPSA) is 59.6 Å². The standard InChI is InChI=1S/C20H26N2O3/c1-15(2)25-17-10-6-8-16(14-17)9-7-13-21-20(23)22-18-11-4-5-12-19(18)24-3/h4-6,8,10-12,14-15H,7,9,13H2,1-3H3,(H2,21,22,23). The Kier molecular flexibility index (Phi) is 7.14. The van der Waals surface area contributed by atoms with Gasteiger partial charge in [-0.15, -0.1) is 0 Å². The summed E-state index contributed by atoms with van der Waals surface area (Å²) in [5, 5.41) is 5.66. The second-order valence-corrected chi connectivity index (χ2v) is 6.00. The van der Waals surface area contributed by atoms with Crippen LogP contribution in [0.15, 0.2) is 48.5 Å². The molecule has 2 N–H and O–H groups in total. The van der Waals surface area contributed by atoms with E-state index in [0.717, 1.165) is 18.6 Å². The van der Waals surface area contributed by atoms with Gasteiger partial charge in [0.1, 0.15) is 11.5 Å². The Labute approximate surface area is 149 Å². The lowest BCUT2D eigenvalue weighted by Crippen LogP contribution is -2.29. The number of ether oxygens (including phenoxy) is 2. The van der Waals surface area contributed by atoms with E-state index in [9.17, 15) is 4.79 Å². The van der Waals surface area contributed by atoms with Crippen molar-refractivity contribution in [2.75, 3.05) is 19.0 Å². The highest BCUT2D eigenvalue weighted by molar-refractivity contribution is 5.90. The summed E-state index contributed by atoms with van der Waals surface area (Å²) in [6, 6.07) is 15.2. The fourth-order valence-corrected chi connectivity index (χ4v) is 2.46. The highest BCUT2D eigenvalue weighted by Crippen LogP contribution is 2.22. The SMILES string of the molecule is COc1ccccc1NC(=O)NCCCc1cccc(OC(C)C)c1. The van der Waals surface area contributed by atoms with Gasteiger partial charge < -0.3 is 20.1 Å². The van der Waals surface area contributed by atoms with Gasteiger partial charge in [-0.25, -0.2) is 4.79 Å². The van der Waals surface area contributed by atoms with Gasteiger partial charge in [0.25, 0.3) is 0 Å². The molecular formula is C20H26N2O3. The van der Waals surface area contributed by atoms with E-state index in [1.54, 1.807) is 13.2 Å². The number of amides is 2. The minimum Gasteiger partial charge on any atom is -0.495 e. The van der Waals surface area contributed by atoms with Gasteiger partial charge >= 0.3 is 6.03 Å². The van der Waals surface area contributed by atoms with Crippen molar-refractivity contribution in [1.29, 1.82) is 0 Å². The average molecular weight is 342 g/mol. The first-order valence-electron chi connectivity index (χ1n) is 8.52. The van der Waals surface area contributed by atoms with E-state index in [-0.39, 0.29) is 12.1 Å². The van der Waals surface area contributed by atoms with Crippen LogP contribution in [-0.4, -0.2) is 25.8 Å². The first-order chi connectivity index (χ1) is 12.1. The number of hydrogen-bond acceptors (Lipinski definition) is 3. The number of nitrogens with one attached hydrogen (secondary N) is 2. The largest absolute Gasteiger partial charge is 0.495 e. The Morgan fingerprint density at radius 2 is 1.92 bits per heavy atom. The Hall–Kier alpha value is -2.69. The Morgan fingerprint density at radius 3 is 2.68 bits per heavy atom. The van der Waals surface area contributed by atoms with E-state index >= 15 is 0 Å². The summed E-state index contributed by atoms with van der Waals surface area (Å²) < 4.78 is 10.9. The van der Waals surface area contributed by atoms with Crippen molar-refractivity contribution in [3.63, 3.8) is 0 Å². The molecule has 0 fully saturated rings. The van der Waals surface area contributed by atoms with Crippen LogP contribution in [0.5, 0.6) is 11.5 Å². The molecule has 5 heteroatoms. The quantitative estimate of drug-likeness (QED) is 0.706. The lowest BCUT2D eigenvalue weighted by atomic mass is 10.1. The van der Waals surface area contributed by atoms with Crippen molar-refractivity contribution in [3.8, 4) is 11.5 Å². The fraction of sp³-hybridized carbons (Fsp3) is 0.350. The van der Waals surface area contributed by atoms with Crippen LogP contribution >= 0.6 is 0 Å². The second kappa shape index (κ2) is 9.57. The molecule has 0 saturated carbocycles. The highest BCUT2D eigenvalue weighted by atomic mass is 16.5. The minimum atomic E-state index is -0.235. The summed E-state index contributed by atoms with van der Waals surface area (Å²) >= 11 is 0. The van der Waals surface area contributed by atoms with Gasteiger partial charge in [-0.3, -0.25) is 0 Å². The van der Waals surface area contributed by atoms with Gasteiger partial charge in [-0.2, -0.15) is 0 Å². The summed E-state index contributed by atoms with van der Waals surface area (Å²) in [5.41, 5.74) is 1.85. The summed E-state index contributed by atoms with van der Waals surface area (Å²) in [6.45, 7) is 4.62. The van der Waals surface area contributed by atoms with Crippen molar-refractivity contribution >= 4 is 11.7 Å². The summed E-state index contributed by atoms with van der Waals surface area (Å²) in [5.74, 6) is 1.52. The van der Waals surface area contributed by atoms with Crippen LogP contribution in [0, 0.1) is 0 Å². The zero-order chi connectivity index (χ0) is 18.1. The van der Waals surface area contributed by atoms with Crippen LogP contribution in [0.4, 0.5) is 10.5 Å². The zero-order valence-corrected chi connectivity index (χ0v) is 15.0. The first kappa shape index (κ1) is 18.6. The molecule has 0 aromatic heterocycles. The molecule has 0 bridgehead atoms. The molecule has 2 aromatic carbocycles. The molecule has 5 nitrogen and oxygen atoms in total. The van der Waals surface area contributed by atoms with E-state index in [2.05, 4.69) is 22.8 Å². The number of para-hydroxylation sites is 2. The third kappa shape index (κ3) is 6.37. The Balaban J connectivity index is 1.74. The average Bonchev–Trinajstić information content (AvgIpc) is 2.59. The van der Waals surface area contributed by atoms with Crippen molar-refractivity contribution in [3.05, 3.63) is 54.1 Å². The number of aryl methyl sites for hydroxylation is 1. The van der Waals surface area contributed by atoms with Gasteiger partial charge in [-0.05, 0) is 56.5 Å². The molecule has 2 amide bonds. The maximum atomic E-state index is 12.0. The summed E-state index contributed by atoms with van der Waals surface area (Å²) in [7, 11) is 1.58. The lowest BCUT2D eigenvalue weighted by Gasteiger charge is -2.12. The number of anilines is 1. The van der Waals surface area contributed by atoms with E-state index in [1.165, 1.54) is 5.56 Å². The predicted molar refractivity (Wildman–Crippen MR) is 101 cm³/mol. The van der Waals surface area contributed by atoms with Crippen molar-refractivity contribution in [2.24, 2.45) is 0 Å².